The van der Waals surface area contributed by atoms with Crippen molar-refractivity contribution in [2.45, 2.75) is 68.7 Å². The first-order valence-electron chi connectivity index (χ1n) is 14.3. The van der Waals surface area contributed by atoms with Crippen LogP contribution in [0.1, 0.15) is 71.7 Å². The smallest absolute Gasteiger partial charge is 0.335 e. The molecule has 1 saturated carbocycles. The average molecular weight is 641 g/mol. The predicted molar refractivity (Wildman–Crippen MR) is 163 cm³/mol. The molecule has 222 valence electrons. The number of carbonyl (C=O) groups is 1. The molecule has 2 saturated heterocycles. The van der Waals surface area contributed by atoms with Crippen LogP contribution in [0.15, 0.2) is 59.3 Å². The number of piperidine rings is 1. The summed E-state index contributed by atoms with van der Waals surface area (Å²) >= 11 is 19.8. The van der Waals surface area contributed by atoms with Gasteiger partial charge in [0.15, 0.2) is 0 Å². The van der Waals surface area contributed by atoms with E-state index in [4.69, 9.17) is 44.1 Å². The molecular weight excluding hydrogens is 613 g/mol. The van der Waals surface area contributed by atoms with E-state index in [0.717, 1.165) is 37.0 Å². The van der Waals surface area contributed by atoms with Gasteiger partial charge in [-0.2, -0.15) is 0 Å². The number of benzene rings is 2. The van der Waals surface area contributed by atoms with Gasteiger partial charge in [0.1, 0.15) is 29.6 Å². The molecule has 2 aromatic heterocycles. The summed E-state index contributed by atoms with van der Waals surface area (Å²) in [7, 11) is 0. The number of hydrogen-bond acceptors (Lipinski definition) is 7. The molecule has 2 aromatic carbocycles. The number of aromatic nitrogens is 2. The SMILES string of the molecule is O=C(O)c1ccnc(N2C3CCC2CC(O)(c2ccc(OCc4c(-c5c(Cl)cccc5Cl)noc4C4CC4)cc2Cl)C3)c1. The second-order valence-electron chi connectivity index (χ2n) is 11.6. The maximum atomic E-state index is 11.9. The highest BCUT2D eigenvalue weighted by atomic mass is 35.5. The molecule has 2 unspecified atom stereocenters. The highest BCUT2D eigenvalue weighted by molar-refractivity contribution is 6.39. The number of halogens is 3. The summed E-state index contributed by atoms with van der Waals surface area (Å²) in [5.74, 6) is 1.26. The highest BCUT2D eigenvalue weighted by Crippen LogP contribution is 2.49. The minimum absolute atomic E-state index is 0.0109. The number of hydrogen-bond donors (Lipinski definition) is 2. The van der Waals surface area contributed by atoms with Gasteiger partial charge in [0, 0.05) is 48.2 Å². The number of ether oxygens (including phenoxy) is 1. The fraction of sp³-hybridized carbons (Fsp3) is 0.344. The van der Waals surface area contributed by atoms with Gasteiger partial charge in [-0.25, -0.2) is 9.78 Å². The van der Waals surface area contributed by atoms with E-state index in [1.807, 2.05) is 12.1 Å². The lowest BCUT2D eigenvalue weighted by Gasteiger charge is -2.45. The van der Waals surface area contributed by atoms with Crippen molar-refractivity contribution in [2.24, 2.45) is 0 Å². The Morgan fingerprint density at radius 3 is 2.37 bits per heavy atom. The number of pyridine rings is 1. The molecule has 0 spiro atoms. The normalized spacial score (nSPS) is 23.0. The van der Waals surface area contributed by atoms with Crippen molar-refractivity contribution in [1.82, 2.24) is 10.1 Å². The Bertz CT molecular complexity index is 1690. The van der Waals surface area contributed by atoms with Crippen molar-refractivity contribution in [2.75, 3.05) is 4.90 Å². The molecule has 8 nitrogen and oxygen atoms in total. The van der Waals surface area contributed by atoms with Crippen molar-refractivity contribution < 1.29 is 24.3 Å². The van der Waals surface area contributed by atoms with Crippen LogP contribution in [0, 0.1) is 0 Å². The summed E-state index contributed by atoms with van der Waals surface area (Å²) in [4.78, 5) is 18.1. The molecule has 1 aliphatic carbocycles. The molecule has 7 rings (SSSR count). The van der Waals surface area contributed by atoms with Gasteiger partial charge in [0.2, 0.25) is 0 Å². The lowest BCUT2D eigenvalue weighted by atomic mass is 9.80. The molecular formula is C32H28Cl3N3O5. The average Bonchev–Trinajstić information content (AvgIpc) is 3.67. The van der Waals surface area contributed by atoms with E-state index >= 15 is 0 Å². The largest absolute Gasteiger partial charge is 0.489 e. The van der Waals surface area contributed by atoms with E-state index in [9.17, 15) is 15.0 Å². The molecule has 43 heavy (non-hydrogen) atoms. The van der Waals surface area contributed by atoms with Crippen LogP contribution in [0.2, 0.25) is 15.1 Å². The van der Waals surface area contributed by atoms with Gasteiger partial charge in [-0.05, 0) is 62.1 Å². The van der Waals surface area contributed by atoms with Crippen LogP contribution in [-0.2, 0) is 12.2 Å². The number of carboxylic acid groups (broad SMARTS) is 1. The number of anilines is 1. The van der Waals surface area contributed by atoms with Gasteiger partial charge >= 0.3 is 5.97 Å². The Balaban J connectivity index is 1.11. The summed E-state index contributed by atoms with van der Waals surface area (Å²) < 4.78 is 12.0. The highest BCUT2D eigenvalue weighted by Gasteiger charge is 2.49. The minimum atomic E-state index is -1.13. The lowest BCUT2D eigenvalue weighted by Crippen LogP contribution is -2.50. The Morgan fingerprint density at radius 2 is 1.72 bits per heavy atom. The first-order valence-corrected chi connectivity index (χ1v) is 15.4. The van der Waals surface area contributed by atoms with E-state index < -0.39 is 11.6 Å². The van der Waals surface area contributed by atoms with Gasteiger partial charge in [-0.15, -0.1) is 0 Å². The first-order chi connectivity index (χ1) is 20.7. The number of carboxylic acids is 1. The van der Waals surface area contributed by atoms with Gasteiger partial charge in [0.05, 0.1) is 31.8 Å². The summed E-state index contributed by atoms with van der Waals surface area (Å²) in [6.45, 7) is 0.188. The molecule has 0 radical (unpaired) electrons. The van der Waals surface area contributed by atoms with Crippen molar-refractivity contribution in [3.63, 3.8) is 0 Å². The molecule has 4 heterocycles. The van der Waals surface area contributed by atoms with Crippen LogP contribution in [0.5, 0.6) is 5.75 Å². The van der Waals surface area contributed by atoms with E-state index in [1.165, 1.54) is 12.3 Å². The zero-order chi connectivity index (χ0) is 29.9. The van der Waals surface area contributed by atoms with Crippen LogP contribution in [-0.4, -0.2) is 38.4 Å². The van der Waals surface area contributed by atoms with Crippen LogP contribution in [0.3, 0.4) is 0 Å². The van der Waals surface area contributed by atoms with E-state index in [0.29, 0.717) is 62.2 Å². The van der Waals surface area contributed by atoms with Crippen molar-refractivity contribution >= 4 is 46.6 Å². The van der Waals surface area contributed by atoms with E-state index in [1.54, 1.807) is 30.3 Å². The minimum Gasteiger partial charge on any atom is -0.489 e. The van der Waals surface area contributed by atoms with E-state index in [-0.39, 0.29) is 24.3 Å². The maximum absolute atomic E-state index is 11.9. The summed E-state index contributed by atoms with van der Waals surface area (Å²) in [6.07, 6.45) is 6.24. The second kappa shape index (κ2) is 11.0. The molecule has 0 amide bonds. The number of aliphatic hydroxyl groups is 1. The number of rotatable bonds is 8. The lowest BCUT2D eigenvalue weighted by molar-refractivity contribution is -0.00314. The van der Waals surface area contributed by atoms with Crippen molar-refractivity contribution in [1.29, 1.82) is 0 Å². The van der Waals surface area contributed by atoms with Crippen LogP contribution in [0.25, 0.3) is 11.3 Å². The molecule has 2 atom stereocenters. The Morgan fingerprint density at radius 1 is 1.00 bits per heavy atom. The van der Waals surface area contributed by atoms with Gasteiger partial charge in [0.25, 0.3) is 0 Å². The standard InChI is InChI=1S/C32H28Cl3N3O5/c33-24-2-1-3-25(34)28(24)29-22(30(43-37-29)17-4-5-17)16-42-21-8-9-23(26(35)13-21)32(41)14-19-6-7-20(15-32)38(19)27-12-18(31(39)40)10-11-36-27/h1-3,8-13,17,19-20,41H,4-7,14-16H2,(H,39,40). The number of aromatic carboxylic acids is 1. The fourth-order valence-electron chi connectivity index (χ4n) is 6.68. The molecule has 11 heteroatoms. The zero-order valence-electron chi connectivity index (χ0n) is 23.0. The third-order valence-corrected chi connectivity index (χ3v) is 9.76. The number of fused-ring (bicyclic) bond motifs is 2. The first kappa shape index (κ1) is 28.5. The molecule has 2 N–H and O–H groups in total. The summed E-state index contributed by atoms with van der Waals surface area (Å²) in [5, 5.41) is 27.0. The van der Waals surface area contributed by atoms with Gasteiger partial charge in [-0.3, -0.25) is 0 Å². The molecule has 2 aliphatic heterocycles. The topological polar surface area (TPSA) is 109 Å². The zero-order valence-corrected chi connectivity index (χ0v) is 25.2. The predicted octanol–water partition coefficient (Wildman–Crippen LogP) is 7.87. The number of nitrogens with zero attached hydrogens (tertiary/aromatic N) is 3. The van der Waals surface area contributed by atoms with E-state index in [2.05, 4.69) is 15.0 Å². The molecule has 4 aromatic rings. The second-order valence-corrected chi connectivity index (χ2v) is 12.8. The fourth-order valence-corrected chi connectivity index (χ4v) is 7.60. The monoisotopic (exact) mass is 639 g/mol. The van der Waals surface area contributed by atoms with Crippen molar-refractivity contribution in [3.05, 3.63) is 92.2 Å². The van der Waals surface area contributed by atoms with Crippen molar-refractivity contribution in [3.8, 4) is 17.0 Å². The molecule has 3 aliphatic rings. The molecule has 3 fully saturated rings. The van der Waals surface area contributed by atoms with Crippen LogP contribution in [0.4, 0.5) is 5.82 Å². The molecule has 2 bridgehead atoms. The van der Waals surface area contributed by atoms with Gasteiger partial charge < -0.3 is 24.4 Å². The van der Waals surface area contributed by atoms with Crippen LogP contribution < -0.4 is 9.64 Å². The van der Waals surface area contributed by atoms with Crippen LogP contribution >= 0.6 is 34.8 Å². The Labute approximate surface area is 263 Å². The summed E-state index contributed by atoms with van der Waals surface area (Å²) in [5.41, 5.74) is 1.70. The third-order valence-electron chi connectivity index (χ3n) is 8.81. The maximum Gasteiger partial charge on any atom is 0.335 e. The summed E-state index contributed by atoms with van der Waals surface area (Å²) in [6, 6.07) is 13.8. The van der Waals surface area contributed by atoms with Gasteiger partial charge in [-0.1, -0.05) is 52.1 Å². The Hall–Kier alpha value is -3.30. The quantitative estimate of drug-likeness (QED) is 0.200. The Kier molecular flexibility index (Phi) is 7.29. The third kappa shape index (κ3) is 5.24.